The van der Waals surface area contributed by atoms with Crippen molar-refractivity contribution < 1.29 is 4.74 Å². The van der Waals surface area contributed by atoms with Crippen LogP contribution in [0.15, 0.2) is 30.3 Å². The zero-order valence-electron chi connectivity index (χ0n) is 13.6. The third kappa shape index (κ3) is 3.84. The summed E-state index contributed by atoms with van der Waals surface area (Å²) < 4.78 is 5.38. The van der Waals surface area contributed by atoms with Gasteiger partial charge in [0.1, 0.15) is 6.11 Å². The van der Waals surface area contributed by atoms with Crippen LogP contribution in [-0.4, -0.2) is 23.6 Å². The highest BCUT2D eigenvalue weighted by atomic mass is 16.5. The van der Waals surface area contributed by atoms with Crippen molar-refractivity contribution in [2.75, 3.05) is 6.61 Å². The van der Waals surface area contributed by atoms with E-state index in [0.717, 1.165) is 25.5 Å². The summed E-state index contributed by atoms with van der Waals surface area (Å²) >= 11 is 0. The van der Waals surface area contributed by atoms with Gasteiger partial charge in [0.05, 0.1) is 12.6 Å². The van der Waals surface area contributed by atoms with Gasteiger partial charge in [0.15, 0.2) is 0 Å². The van der Waals surface area contributed by atoms with Crippen molar-refractivity contribution >= 4 is 0 Å². The van der Waals surface area contributed by atoms with Gasteiger partial charge in [-0.25, -0.2) is 0 Å². The molecule has 1 aliphatic carbocycles. The molecule has 0 bridgehead atoms. The van der Waals surface area contributed by atoms with E-state index in [1.165, 1.54) is 37.7 Å². The van der Waals surface area contributed by atoms with Gasteiger partial charge >= 0.3 is 0 Å². The lowest BCUT2D eigenvalue weighted by Crippen LogP contribution is -2.17. The van der Waals surface area contributed by atoms with E-state index in [0.29, 0.717) is 12.1 Å². The minimum atomic E-state index is 0.403. The van der Waals surface area contributed by atoms with Crippen LogP contribution in [-0.2, 0) is 11.3 Å². The third-order valence-corrected chi connectivity index (χ3v) is 4.90. The Balaban J connectivity index is 1.63. The predicted molar refractivity (Wildman–Crippen MR) is 90.2 cm³/mol. The summed E-state index contributed by atoms with van der Waals surface area (Å²) in [5.74, 6) is 4.20. The number of ether oxygens (including phenoxy) is 1. The van der Waals surface area contributed by atoms with Crippen LogP contribution in [0.1, 0.15) is 51.0 Å². The molecule has 3 atom stereocenters. The summed E-state index contributed by atoms with van der Waals surface area (Å²) in [5.41, 5.74) is 1.39. The highest BCUT2D eigenvalue weighted by molar-refractivity contribution is 5.25. The van der Waals surface area contributed by atoms with E-state index in [4.69, 9.17) is 4.74 Å². The maximum atomic E-state index is 5.38. The van der Waals surface area contributed by atoms with Crippen molar-refractivity contribution in [2.45, 2.75) is 64.1 Å². The Bertz CT molecular complexity index is 510. The first-order valence-corrected chi connectivity index (χ1v) is 8.82. The molecule has 0 spiro atoms. The highest BCUT2D eigenvalue weighted by Crippen LogP contribution is 2.42. The molecule has 1 saturated heterocycles. The van der Waals surface area contributed by atoms with E-state index in [9.17, 15) is 0 Å². The smallest absolute Gasteiger partial charge is 0.111 e. The predicted octanol–water partition coefficient (Wildman–Crippen LogP) is 4.21. The fourth-order valence-corrected chi connectivity index (χ4v) is 3.72. The van der Waals surface area contributed by atoms with E-state index >= 15 is 0 Å². The Labute approximate surface area is 134 Å². The molecule has 2 heteroatoms. The van der Waals surface area contributed by atoms with Crippen LogP contribution >= 0.6 is 0 Å². The van der Waals surface area contributed by atoms with Gasteiger partial charge in [0.2, 0.25) is 0 Å². The zero-order chi connectivity index (χ0) is 15.2. The normalized spacial score (nSPS) is 27.8. The fraction of sp³-hybridized carbons (Fsp3) is 0.600. The van der Waals surface area contributed by atoms with Crippen LogP contribution in [0, 0.1) is 17.9 Å². The average molecular weight is 297 g/mol. The SMILES string of the molecule is CCCOC#CC1C(C2CCCCC2)N1Cc1ccccc1. The van der Waals surface area contributed by atoms with Gasteiger partial charge in [-0.3, -0.25) is 4.90 Å². The third-order valence-electron chi connectivity index (χ3n) is 4.90. The lowest BCUT2D eigenvalue weighted by atomic mass is 9.86. The summed E-state index contributed by atoms with van der Waals surface area (Å²) in [4.78, 5) is 2.56. The molecule has 22 heavy (non-hydrogen) atoms. The van der Waals surface area contributed by atoms with Crippen molar-refractivity contribution in [3.8, 4) is 12.0 Å². The van der Waals surface area contributed by atoms with Crippen LogP contribution in [0.25, 0.3) is 0 Å². The highest BCUT2D eigenvalue weighted by Gasteiger charge is 2.50. The van der Waals surface area contributed by atoms with Crippen molar-refractivity contribution in [1.82, 2.24) is 4.90 Å². The molecule has 1 aromatic carbocycles. The van der Waals surface area contributed by atoms with Crippen molar-refractivity contribution in [1.29, 1.82) is 0 Å². The molecule has 2 aliphatic rings. The van der Waals surface area contributed by atoms with Gasteiger partial charge in [-0.1, -0.05) is 56.5 Å². The summed E-state index contributed by atoms with van der Waals surface area (Å²) in [6, 6.07) is 11.8. The average Bonchev–Trinajstić information content (AvgIpc) is 3.26. The minimum absolute atomic E-state index is 0.403. The fourth-order valence-electron chi connectivity index (χ4n) is 3.72. The molecule has 0 aromatic heterocycles. The van der Waals surface area contributed by atoms with Crippen LogP contribution in [0.5, 0.6) is 0 Å². The first-order chi connectivity index (χ1) is 10.9. The summed E-state index contributed by atoms with van der Waals surface area (Å²) in [5, 5.41) is 0. The number of rotatable bonds is 5. The van der Waals surface area contributed by atoms with Crippen molar-refractivity contribution in [2.24, 2.45) is 5.92 Å². The van der Waals surface area contributed by atoms with Gasteiger partial charge in [-0.05, 0) is 36.7 Å². The Morgan fingerprint density at radius 3 is 2.64 bits per heavy atom. The van der Waals surface area contributed by atoms with Crippen LogP contribution in [0.2, 0.25) is 0 Å². The second-order valence-corrected chi connectivity index (χ2v) is 6.59. The van der Waals surface area contributed by atoms with Gasteiger partial charge in [-0.2, -0.15) is 0 Å². The second-order valence-electron chi connectivity index (χ2n) is 6.59. The van der Waals surface area contributed by atoms with E-state index in [1.807, 2.05) is 0 Å². The number of hydrogen-bond donors (Lipinski definition) is 0. The lowest BCUT2D eigenvalue weighted by Gasteiger charge is -2.21. The molecule has 1 aromatic rings. The maximum absolute atomic E-state index is 5.38. The number of nitrogens with zero attached hydrogens (tertiary/aromatic N) is 1. The molecular weight excluding hydrogens is 270 g/mol. The van der Waals surface area contributed by atoms with Crippen molar-refractivity contribution in [3.05, 3.63) is 35.9 Å². The van der Waals surface area contributed by atoms with Gasteiger partial charge in [0, 0.05) is 12.6 Å². The monoisotopic (exact) mass is 297 g/mol. The first kappa shape index (κ1) is 15.4. The molecule has 3 rings (SSSR count). The molecule has 1 heterocycles. The molecule has 0 amide bonds. The van der Waals surface area contributed by atoms with E-state index < -0.39 is 0 Å². The van der Waals surface area contributed by atoms with E-state index in [2.05, 4.69) is 54.2 Å². The van der Waals surface area contributed by atoms with Crippen LogP contribution < -0.4 is 0 Å². The quantitative estimate of drug-likeness (QED) is 0.458. The van der Waals surface area contributed by atoms with Crippen molar-refractivity contribution in [3.63, 3.8) is 0 Å². The largest absolute Gasteiger partial charge is 0.447 e. The van der Waals surface area contributed by atoms with Crippen LogP contribution in [0.4, 0.5) is 0 Å². The van der Waals surface area contributed by atoms with E-state index in [1.54, 1.807) is 0 Å². The molecule has 0 radical (unpaired) electrons. The van der Waals surface area contributed by atoms with Gasteiger partial charge in [-0.15, -0.1) is 0 Å². The Hall–Kier alpha value is -1.46. The van der Waals surface area contributed by atoms with E-state index in [-0.39, 0.29) is 0 Å². The molecule has 3 unspecified atom stereocenters. The summed E-state index contributed by atoms with van der Waals surface area (Å²) in [7, 11) is 0. The summed E-state index contributed by atoms with van der Waals surface area (Å²) in [6.45, 7) is 3.88. The first-order valence-electron chi connectivity index (χ1n) is 8.82. The molecule has 2 nitrogen and oxygen atoms in total. The minimum Gasteiger partial charge on any atom is -0.447 e. The second kappa shape index (κ2) is 7.70. The maximum Gasteiger partial charge on any atom is 0.111 e. The number of benzene rings is 1. The molecular formula is C20H27NO. The molecule has 1 saturated carbocycles. The molecule has 118 valence electrons. The Morgan fingerprint density at radius 1 is 1.14 bits per heavy atom. The van der Waals surface area contributed by atoms with Gasteiger partial charge < -0.3 is 4.74 Å². The standard InChI is InChI=1S/C20H27NO/c1-2-14-22-15-13-19-20(18-11-7-4-8-12-18)21(19)16-17-9-5-3-6-10-17/h3,5-6,9-10,18-20H,2,4,7-8,11-12,14,16H2,1H3. The number of hydrogen-bond acceptors (Lipinski definition) is 2. The Kier molecular flexibility index (Phi) is 5.40. The van der Waals surface area contributed by atoms with Gasteiger partial charge in [0.25, 0.3) is 0 Å². The summed E-state index contributed by atoms with van der Waals surface area (Å²) in [6.07, 6.45) is 10.9. The Morgan fingerprint density at radius 2 is 1.91 bits per heavy atom. The topological polar surface area (TPSA) is 12.2 Å². The molecule has 2 fully saturated rings. The lowest BCUT2D eigenvalue weighted by molar-refractivity contribution is 0.277. The molecule has 0 N–H and O–H groups in total. The van der Waals surface area contributed by atoms with Crippen LogP contribution in [0.3, 0.4) is 0 Å². The zero-order valence-corrected chi connectivity index (χ0v) is 13.6. The molecule has 1 aliphatic heterocycles.